The average molecular weight is 447 g/mol. The molecule has 0 radical (unpaired) electrons. The molecule has 9 nitrogen and oxygen atoms in total. The van der Waals surface area contributed by atoms with Gasteiger partial charge in [0.1, 0.15) is 5.69 Å². The van der Waals surface area contributed by atoms with Gasteiger partial charge in [-0.05, 0) is 40.3 Å². The fourth-order valence-electron chi connectivity index (χ4n) is 3.77. The molecule has 0 aliphatic carbocycles. The van der Waals surface area contributed by atoms with Gasteiger partial charge in [0.25, 0.3) is 0 Å². The first-order valence-electron chi connectivity index (χ1n) is 10.8. The fourth-order valence-corrected chi connectivity index (χ4v) is 3.77. The van der Waals surface area contributed by atoms with Crippen molar-refractivity contribution in [3.8, 4) is 0 Å². The molecule has 0 spiro atoms. The molecule has 33 heavy (non-hydrogen) atoms. The third kappa shape index (κ3) is 5.27. The van der Waals surface area contributed by atoms with E-state index in [-0.39, 0.29) is 17.8 Å². The maximum Gasteiger partial charge on any atom is 0.323 e. The van der Waals surface area contributed by atoms with E-state index in [4.69, 9.17) is 9.74 Å². The van der Waals surface area contributed by atoms with Crippen LogP contribution in [0.1, 0.15) is 17.5 Å². The molecular weight excluding hydrogens is 422 g/mol. The Morgan fingerprint density at radius 1 is 1.00 bits per heavy atom. The average Bonchev–Trinajstić information content (AvgIpc) is 3.32. The first-order chi connectivity index (χ1) is 16.2. The zero-order chi connectivity index (χ0) is 23.0. The number of hydrogen-bond acceptors (Lipinski definition) is 8. The molecule has 9 heteroatoms. The molecule has 3 aromatic carbocycles. The Hall–Kier alpha value is -3.98. The van der Waals surface area contributed by atoms with Crippen LogP contribution in [0, 0.1) is 10.1 Å². The van der Waals surface area contributed by atoms with E-state index in [1.54, 1.807) is 6.07 Å². The van der Waals surface area contributed by atoms with E-state index in [1.807, 2.05) is 48.5 Å². The second-order valence-corrected chi connectivity index (χ2v) is 7.66. The molecule has 0 aliphatic rings. The summed E-state index contributed by atoms with van der Waals surface area (Å²) < 4.78 is 4.94. The quantitative estimate of drug-likeness (QED) is 0.200. The molecule has 170 valence electrons. The summed E-state index contributed by atoms with van der Waals surface area (Å²) >= 11 is 0. The molecule has 0 saturated carbocycles. The van der Waals surface area contributed by atoms with Gasteiger partial charge in [-0.25, -0.2) is 4.63 Å². The molecule has 2 N–H and O–H groups in total. The van der Waals surface area contributed by atoms with Crippen LogP contribution in [0.4, 0.5) is 17.1 Å². The number of benzene rings is 3. The standard InChI is InChI=1S/C24H25N5O4/c30-15-7-13-25-20-16-21(22-23(27-33-26-22)24(20)29(31)32)28(17-19-10-5-2-6-11-19)14-12-18-8-3-1-4-9-18/h1-6,8-11,16,25,30H,7,12-15,17H2. The van der Waals surface area contributed by atoms with E-state index in [2.05, 4.69) is 32.7 Å². The maximum absolute atomic E-state index is 11.8. The smallest absolute Gasteiger partial charge is 0.323 e. The van der Waals surface area contributed by atoms with E-state index in [1.165, 1.54) is 5.56 Å². The number of nitrogens with one attached hydrogen (secondary N) is 1. The highest BCUT2D eigenvalue weighted by Gasteiger charge is 2.27. The van der Waals surface area contributed by atoms with Gasteiger partial charge in [0, 0.05) is 26.2 Å². The van der Waals surface area contributed by atoms with E-state index in [0.29, 0.717) is 42.9 Å². The topological polar surface area (TPSA) is 118 Å². The molecule has 0 bridgehead atoms. The van der Waals surface area contributed by atoms with E-state index < -0.39 is 4.92 Å². The summed E-state index contributed by atoms with van der Waals surface area (Å²) in [4.78, 5) is 13.5. The highest BCUT2D eigenvalue weighted by Crippen LogP contribution is 2.39. The van der Waals surface area contributed by atoms with Gasteiger partial charge in [0.05, 0.1) is 10.6 Å². The van der Waals surface area contributed by atoms with Gasteiger partial charge < -0.3 is 15.3 Å². The number of anilines is 2. The molecule has 4 rings (SSSR count). The zero-order valence-corrected chi connectivity index (χ0v) is 18.1. The summed E-state index contributed by atoms with van der Waals surface area (Å²) in [7, 11) is 0. The van der Waals surface area contributed by atoms with E-state index in [0.717, 1.165) is 12.0 Å². The Kier molecular flexibility index (Phi) is 7.11. The van der Waals surface area contributed by atoms with Crippen LogP contribution < -0.4 is 10.2 Å². The van der Waals surface area contributed by atoms with Gasteiger partial charge >= 0.3 is 5.69 Å². The number of nitro groups is 1. The molecule has 0 aliphatic heterocycles. The zero-order valence-electron chi connectivity index (χ0n) is 18.1. The summed E-state index contributed by atoms with van der Waals surface area (Å²) in [5.74, 6) is 0. The highest BCUT2D eigenvalue weighted by atomic mass is 16.6. The van der Waals surface area contributed by atoms with Crippen molar-refractivity contribution in [2.24, 2.45) is 0 Å². The molecule has 1 heterocycles. The highest BCUT2D eigenvalue weighted by molar-refractivity contribution is 5.99. The SMILES string of the molecule is O=[N+]([O-])c1c(NCCCO)cc(N(CCc2ccccc2)Cc2ccccc2)c2nonc12. The number of hydrogen-bond donors (Lipinski definition) is 2. The Balaban J connectivity index is 1.76. The van der Waals surface area contributed by atoms with Gasteiger partial charge in [0.15, 0.2) is 5.52 Å². The predicted molar refractivity (Wildman–Crippen MR) is 126 cm³/mol. The number of rotatable bonds is 11. The lowest BCUT2D eigenvalue weighted by atomic mass is 10.1. The van der Waals surface area contributed by atoms with E-state index in [9.17, 15) is 10.1 Å². The van der Waals surface area contributed by atoms with Crippen molar-refractivity contribution < 1.29 is 14.7 Å². The van der Waals surface area contributed by atoms with Gasteiger partial charge in [-0.2, -0.15) is 0 Å². The minimum absolute atomic E-state index is 0.0153. The van der Waals surface area contributed by atoms with Gasteiger partial charge in [0.2, 0.25) is 5.52 Å². The van der Waals surface area contributed by atoms with Crippen molar-refractivity contribution in [2.45, 2.75) is 19.4 Å². The Morgan fingerprint density at radius 3 is 2.33 bits per heavy atom. The fraction of sp³-hybridized carbons (Fsp3) is 0.250. The van der Waals surface area contributed by atoms with Crippen molar-refractivity contribution in [2.75, 3.05) is 29.9 Å². The molecule has 1 aromatic heterocycles. The van der Waals surface area contributed by atoms with Crippen LogP contribution in [0.5, 0.6) is 0 Å². The summed E-state index contributed by atoms with van der Waals surface area (Å²) in [5, 5.41) is 31.9. The first-order valence-corrected chi connectivity index (χ1v) is 10.8. The number of nitro benzene ring substituents is 1. The molecule has 0 saturated heterocycles. The largest absolute Gasteiger partial charge is 0.396 e. The molecule has 4 aromatic rings. The minimum Gasteiger partial charge on any atom is -0.396 e. The molecule has 0 unspecified atom stereocenters. The normalized spacial score (nSPS) is 10.9. The van der Waals surface area contributed by atoms with Crippen molar-refractivity contribution in [1.82, 2.24) is 10.3 Å². The molecule has 0 fully saturated rings. The second-order valence-electron chi connectivity index (χ2n) is 7.66. The van der Waals surface area contributed by atoms with E-state index >= 15 is 0 Å². The lowest BCUT2D eigenvalue weighted by Gasteiger charge is -2.26. The van der Waals surface area contributed by atoms with Crippen LogP contribution in [0.25, 0.3) is 11.0 Å². The van der Waals surface area contributed by atoms with Crippen LogP contribution in [-0.2, 0) is 13.0 Å². The monoisotopic (exact) mass is 447 g/mol. The van der Waals surface area contributed by atoms with Crippen molar-refractivity contribution >= 4 is 28.1 Å². The van der Waals surface area contributed by atoms with Gasteiger partial charge in [-0.3, -0.25) is 10.1 Å². The number of nitrogens with zero attached hydrogens (tertiary/aromatic N) is 4. The van der Waals surface area contributed by atoms with Gasteiger partial charge in [-0.15, -0.1) is 0 Å². The van der Waals surface area contributed by atoms with Crippen LogP contribution in [0.15, 0.2) is 71.4 Å². The minimum atomic E-state index is -0.483. The number of fused-ring (bicyclic) bond motifs is 1. The molecule has 0 atom stereocenters. The third-order valence-electron chi connectivity index (χ3n) is 5.39. The summed E-state index contributed by atoms with van der Waals surface area (Å²) in [6, 6.07) is 21.9. The Morgan fingerprint density at radius 2 is 1.67 bits per heavy atom. The number of aliphatic hydroxyl groups excluding tert-OH is 1. The summed E-state index contributed by atoms with van der Waals surface area (Å²) in [6.07, 6.45) is 1.24. The molecular formula is C24H25N5O4. The van der Waals surface area contributed by atoms with Crippen LogP contribution in [-0.4, -0.2) is 40.0 Å². The lowest BCUT2D eigenvalue weighted by molar-refractivity contribution is -0.382. The lowest BCUT2D eigenvalue weighted by Crippen LogP contribution is -2.26. The maximum atomic E-state index is 11.8. The Bertz CT molecular complexity index is 1200. The Labute approximate surface area is 190 Å². The number of aliphatic hydroxyl groups is 1. The van der Waals surface area contributed by atoms with Crippen LogP contribution in [0.3, 0.4) is 0 Å². The van der Waals surface area contributed by atoms with Crippen LogP contribution >= 0.6 is 0 Å². The summed E-state index contributed by atoms with van der Waals surface area (Å²) in [5.41, 5.74) is 3.57. The van der Waals surface area contributed by atoms with Crippen LogP contribution in [0.2, 0.25) is 0 Å². The summed E-state index contributed by atoms with van der Waals surface area (Å²) in [6.45, 7) is 1.62. The first kappa shape index (κ1) is 22.2. The predicted octanol–water partition coefficient (Wildman–Crippen LogP) is 4.17. The molecule has 0 amide bonds. The van der Waals surface area contributed by atoms with Crippen molar-refractivity contribution in [1.29, 1.82) is 0 Å². The van der Waals surface area contributed by atoms with Crippen molar-refractivity contribution in [3.63, 3.8) is 0 Å². The second kappa shape index (κ2) is 10.6. The third-order valence-corrected chi connectivity index (χ3v) is 5.39. The van der Waals surface area contributed by atoms with Gasteiger partial charge in [-0.1, -0.05) is 60.7 Å². The number of aromatic nitrogens is 2. The van der Waals surface area contributed by atoms with Crippen molar-refractivity contribution in [3.05, 3.63) is 88.0 Å².